The summed E-state index contributed by atoms with van der Waals surface area (Å²) in [5.74, 6) is 0.0972. The van der Waals surface area contributed by atoms with E-state index in [1.54, 1.807) is 24.5 Å². The fraction of sp³-hybridized carbons (Fsp3) is 0.174. The van der Waals surface area contributed by atoms with Crippen molar-refractivity contribution >= 4 is 45.9 Å². The molecule has 0 saturated heterocycles. The number of methoxy groups -OCH3 is 1. The van der Waals surface area contributed by atoms with Crippen LogP contribution in [0.2, 0.25) is 0 Å². The Morgan fingerprint density at radius 2 is 2.03 bits per heavy atom. The quantitative estimate of drug-likeness (QED) is 0.659. The van der Waals surface area contributed by atoms with Gasteiger partial charge in [-0.1, -0.05) is 24.3 Å². The number of amides is 2. The molecule has 0 aliphatic carbocycles. The number of para-hydroxylation sites is 2. The molecule has 0 fully saturated rings. The number of fused-ring (bicyclic) bond motifs is 1. The van der Waals surface area contributed by atoms with Crippen LogP contribution < -0.4 is 15.0 Å². The van der Waals surface area contributed by atoms with Gasteiger partial charge in [-0.25, -0.2) is 4.99 Å². The van der Waals surface area contributed by atoms with Crippen molar-refractivity contribution in [3.63, 3.8) is 0 Å². The summed E-state index contributed by atoms with van der Waals surface area (Å²) < 4.78 is 5.33. The number of hydrogen-bond donors (Lipinski definition) is 1. The van der Waals surface area contributed by atoms with E-state index in [1.807, 2.05) is 60.8 Å². The number of ether oxygens (including phenoxy) is 1. The van der Waals surface area contributed by atoms with Gasteiger partial charge < -0.3 is 15.0 Å². The van der Waals surface area contributed by atoms with Gasteiger partial charge in [0.1, 0.15) is 12.3 Å². The van der Waals surface area contributed by atoms with Crippen molar-refractivity contribution in [2.24, 2.45) is 4.99 Å². The second kappa shape index (κ2) is 8.51. The van der Waals surface area contributed by atoms with Crippen LogP contribution >= 0.6 is 11.3 Å². The minimum atomic E-state index is -0.304. The third-order valence-corrected chi connectivity index (χ3v) is 5.70. The molecular weight excluding hydrogens is 398 g/mol. The molecule has 0 bridgehead atoms. The summed E-state index contributed by atoms with van der Waals surface area (Å²) in [6.07, 6.45) is 0.135. The molecule has 4 rings (SSSR count). The molecule has 30 heavy (non-hydrogen) atoms. The molecule has 7 heteroatoms. The number of thiophene rings is 1. The molecule has 3 aromatic rings. The highest BCUT2D eigenvalue weighted by Gasteiger charge is 2.27. The summed E-state index contributed by atoms with van der Waals surface area (Å²) in [7, 11) is 1.55. The van der Waals surface area contributed by atoms with E-state index in [0.717, 1.165) is 10.4 Å². The van der Waals surface area contributed by atoms with Crippen molar-refractivity contribution in [1.29, 1.82) is 0 Å². The average Bonchev–Trinajstić information content (AvgIpc) is 3.23. The van der Waals surface area contributed by atoms with Gasteiger partial charge in [0, 0.05) is 4.88 Å². The molecule has 0 unspecified atom stereocenters. The second-order valence-electron chi connectivity index (χ2n) is 6.93. The van der Waals surface area contributed by atoms with E-state index in [0.29, 0.717) is 28.5 Å². The van der Waals surface area contributed by atoms with Crippen molar-refractivity contribution in [3.8, 4) is 5.75 Å². The third kappa shape index (κ3) is 4.11. The van der Waals surface area contributed by atoms with E-state index < -0.39 is 0 Å². The van der Waals surface area contributed by atoms with E-state index in [2.05, 4.69) is 5.32 Å². The zero-order chi connectivity index (χ0) is 21.1. The summed E-state index contributed by atoms with van der Waals surface area (Å²) in [6.45, 7) is 1.83. The van der Waals surface area contributed by atoms with Crippen LogP contribution in [0.3, 0.4) is 0 Å². The van der Waals surface area contributed by atoms with Crippen LogP contribution in [0, 0.1) is 6.92 Å². The first-order valence-electron chi connectivity index (χ1n) is 9.50. The number of nitrogens with one attached hydrogen (secondary N) is 1. The van der Waals surface area contributed by atoms with E-state index >= 15 is 0 Å². The Labute approximate surface area is 178 Å². The van der Waals surface area contributed by atoms with Crippen LogP contribution in [0.25, 0.3) is 0 Å². The molecule has 0 radical (unpaired) electrons. The monoisotopic (exact) mass is 419 g/mol. The van der Waals surface area contributed by atoms with Crippen LogP contribution in [0.15, 0.2) is 65.0 Å². The van der Waals surface area contributed by atoms with Gasteiger partial charge in [-0.2, -0.15) is 0 Å². The van der Waals surface area contributed by atoms with E-state index in [9.17, 15) is 9.59 Å². The number of hydrogen-bond acceptors (Lipinski definition) is 5. The molecule has 0 atom stereocenters. The van der Waals surface area contributed by atoms with Gasteiger partial charge in [-0.05, 0) is 48.2 Å². The minimum Gasteiger partial charge on any atom is -0.495 e. The summed E-state index contributed by atoms with van der Waals surface area (Å²) in [5.41, 5.74) is 3.59. The largest absolute Gasteiger partial charge is 0.495 e. The molecule has 2 heterocycles. The Morgan fingerprint density at radius 1 is 1.20 bits per heavy atom. The number of anilines is 2. The number of benzene rings is 2. The zero-order valence-electron chi connectivity index (χ0n) is 16.7. The van der Waals surface area contributed by atoms with Gasteiger partial charge in [0.05, 0.1) is 36.3 Å². The number of carbonyl (C=O) groups is 2. The smallest absolute Gasteiger partial charge is 0.244 e. The lowest BCUT2D eigenvalue weighted by atomic mass is 10.2. The van der Waals surface area contributed by atoms with E-state index in [1.165, 1.54) is 4.90 Å². The normalized spacial score (nSPS) is 13.3. The molecule has 2 amide bonds. The minimum absolute atomic E-state index is 0.111. The molecule has 1 aliphatic heterocycles. The lowest BCUT2D eigenvalue weighted by Gasteiger charge is -2.22. The van der Waals surface area contributed by atoms with Crippen LogP contribution in [-0.2, 0) is 9.59 Å². The summed E-state index contributed by atoms with van der Waals surface area (Å²) in [5, 5.41) is 4.82. The Morgan fingerprint density at radius 3 is 2.80 bits per heavy atom. The molecule has 152 valence electrons. The van der Waals surface area contributed by atoms with Crippen molar-refractivity contribution in [2.75, 3.05) is 23.9 Å². The third-order valence-electron chi connectivity index (χ3n) is 4.78. The summed E-state index contributed by atoms with van der Waals surface area (Å²) in [4.78, 5) is 33.1. The topological polar surface area (TPSA) is 71.0 Å². The zero-order valence-corrected chi connectivity index (χ0v) is 17.5. The molecule has 1 N–H and O–H groups in total. The lowest BCUT2D eigenvalue weighted by molar-refractivity contribution is -0.120. The number of aliphatic imine (C=N–C) groups is 1. The van der Waals surface area contributed by atoms with Gasteiger partial charge in [-0.15, -0.1) is 11.3 Å². The number of nitrogens with zero attached hydrogens (tertiary/aromatic N) is 2. The van der Waals surface area contributed by atoms with Crippen molar-refractivity contribution in [2.45, 2.75) is 13.3 Å². The highest BCUT2D eigenvalue weighted by molar-refractivity contribution is 7.12. The van der Waals surface area contributed by atoms with Crippen molar-refractivity contribution in [1.82, 2.24) is 0 Å². The number of carbonyl (C=O) groups excluding carboxylic acids is 2. The molecule has 0 saturated carbocycles. The predicted molar refractivity (Wildman–Crippen MR) is 120 cm³/mol. The maximum atomic E-state index is 13.1. The average molecular weight is 420 g/mol. The Hall–Kier alpha value is -3.45. The standard InChI is InChI=1S/C23H21N3O3S/c1-15-9-10-20(29-2)17(12-15)25-22(27)14-26-19-7-4-3-6-16(19)24-18(13-23(26)28)21-8-5-11-30-21/h3-12H,13-14H2,1-2H3,(H,25,27). The molecule has 0 spiro atoms. The molecular formula is C23H21N3O3S. The maximum Gasteiger partial charge on any atom is 0.244 e. The summed E-state index contributed by atoms with van der Waals surface area (Å²) in [6, 6.07) is 16.8. The van der Waals surface area contributed by atoms with Crippen LogP contribution in [0.5, 0.6) is 5.75 Å². The second-order valence-corrected chi connectivity index (χ2v) is 7.88. The Balaban J connectivity index is 1.60. The number of rotatable bonds is 5. The Kier molecular flexibility index (Phi) is 5.63. The first kappa shape index (κ1) is 19.8. The molecule has 1 aromatic heterocycles. The van der Waals surface area contributed by atoms with E-state index in [4.69, 9.17) is 9.73 Å². The highest BCUT2D eigenvalue weighted by atomic mass is 32.1. The van der Waals surface area contributed by atoms with Crippen molar-refractivity contribution < 1.29 is 14.3 Å². The first-order valence-corrected chi connectivity index (χ1v) is 10.4. The van der Waals surface area contributed by atoms with Crippen molar-refractivity contribution in [3.05, 3.63) is 70.4 Å². The van der Waals surface area contributed by atoms with Crippen LogP contribution in [-0.4, -0.2) is 31.2 Å². The van der Waals surface area contributed by atoms with E-state index in [-0.39, 0.29) is 24.8 Å². The van der Waals surface area contributed by atoms with Gasteiger partial charge in [0.25, 0.3) is 0 Å². The summed E-state index contributed by atoms with van der Waals surface area (Å²) >= 11 is 1.54. The molecule has 6 nitrogen and oxygen atoms in total. The van der Waals surface area contributed by atoms with Gasteiger partial charge in [-0.3, -0.25) is 9.59 Å². The van der Waals surface area contributed by atoms with Gasteiger partial charge in [0.2, 0.25) is 11.8 Å². The predicted octanol–water partition coefficient (Wildman–Crippen LogP) is 4.56. The molecule has 1 aliphatic rings. The number of aryl methyl sites for hydroxylation is 1. The fourth-order valence-corrected chi connectivity index (χ4v) is 4.07. The van der Waals surface area contributed by atoms with Gasteiger partial charge in [0.15, 0.2) is 0 Å². The van der Waals surface area contributed by atoms with Gasteiger partial charge >= 0.3 is 0 Å². The highest BCUT2D eigenvalue weighted by Crippen LogP contribution is 2.33. The SMILES string of the molecule is COc1ccc(C)cc1NC(=O)CN1C(=O)CC(c2cccs2)=Nc2ccccc21. The first-order chi connectivity index (χ1) is 14.5. The molecule has 2 aromatic carbocycles. The fourth-order valence-electron chi connectivity index (χ4n) is 3.36. The Bertz CT molecular complexity index is 1120. The van der Waals surface area contributed by atoms with Crippen LogP contribution in [0.4, 0.5) is 17.1 Å². The lowest BCUT2D eigenvalue weighted by Crippen LogP contribution is -2.38. The van der Waals surface area contributed by atoms with Crippen LogP contribution in [0.1, 0.15) is 16.9 Å². The maximum absolute atomic E-state index is 13.1.